The number of fused-ring (bicyclic) bond motifs is 2. The van der Waals surface area contributed by atoms with Gasteiger partial charge in [-0.15, -0.1) is 0 Å². The van der Waals surface area contributed by atoms with Gasteiger partial charge in [-0.25, -0.2) is 0 Å². The SMILES string of the molecule is CCCC(=O)N1CC2(C)CC1CC(C)(C)C2. The van der Waals surface area contributed by atoms with Crippen LogP contribution >= 0.6 is 0 Å². The number of carbonyl (C=O) groups excluding carboxylic acids is 1. The van der Waals surface area contributed by atoms with Crippen molar-refractivity contribution in [1.82, 2.24) is 4.90 Å². The molecule has 2 unspecified atom stereocenters. The molecule has 0 aromatic carbocycles. The lowest BCUT2D eigenvalue weighted by Crippen LogP contribution is -2.37. The minimum atomic E-state index is 0.383. The summed E-state index contributed by atoms with van der Waals surface area (Å²) in [5, 5.41) is 0. The predicted octanol–water partition coefficient (Wildman–Crippen LogP) is 3.21. The maximum Gasteiger partial charge on any atom is 0.222 e. The molecule has 92 valence electrons. The van der Waals surface area contributed by atoms with Crippen molar-refractivity contribution in [3.63, 3.8) is 0 Å². The Morgan fingerprint density at radius 1 is 1.31 bits per heavy atom. The van der Waals surface area contributed by atoms with Gasteiger partial charge in [0.25, 0.3) is 0 Å². The molecule has 2 atom stereocenters. The third kappa shape index (κ3) is 2.11. The van der Waals surface area contributed by atoms with Crippen molar-refractivity contribution >= 4 is 5.91 Å². The Hall–Kier alpha value is -0.530. The highest BCUT2D eigenvalue weighted by molar-refractivity contribution is 5.77. The lowest BCUT2D eigenvalue weighted by atomic mass is 9.65. The maximum atomic E-state index is 12.1. The monoisotopic (exact) mass is 223 g/mol. The highest BCUT2D eigenvalue weighted by atomic mass is 16.2. The van der Waals surface area contributed by atoms with Gasteiger partial charge < -0.3 is 4.90 Å². The average molecular weight is 223 g/mol. The van der Waals surface area contributed by atoms with Crippen LogP contribution in [-0.4, -0.2) is 23.4 Å². The summed E-state index contributed by atoms with van der Waals surface area (Å²) in [6, 6.07) is 0.521. The Bertz CT molecular complexity index is 297. The Kier molecular flexibility index (Phi) is 2.80. The normalized spacial score (nSPS) is 36.5. The molecule has 1 amide bonds. The molecule has 2 fully saturated rings. The van der Waals surface area contributed by atoms with E-state index in [1.165, 1.54) is 19.3 Å². The summed E-state index contributed by atoms with van der Waals surface area (Å²) in [5.74, 6) is 0.383. The van der Waals surface area contributed by atoms with Crippen molar-refractivity contribution in [3.05, 3.63) is 0 Å². The first-order valence-electron chi connectivity index (χ1n) is 6.65. The van der Waals surface area contributed by atoms with Crippen molar-refractivity contribution in [1.29, 1.82) is 0 Å². The van der Waals surface area contributed by atoms with E-state index in [1.807, 2.05) is 0 Å². The molecule has 0 aromatic rings. The van der Waals surface area contributed by atoms with Crippen LogP contribution in [-0.2, 0) is 4.79 Å². The predicted molar refractivity (Wildman–Crippen MR) is 66.1 cm³/mol. The molecule has 0 aromatic heterocycles. The van der Waals surface area contributed by atoms with Crippen LogP contribution in [0.3, 0.4) is 0 Å². The lowest BCUT2D eigenvalue weighted by molar-refractivity contribution is -0.132. The zero-order chi connectivity index (χ0) is 12.0. The van der Waals surface area contributed by atoms with Crippen LogP contribution < -0.4 is 0 Å². The van der Waals surface area contributed by atoms with Crippen molar-refractivity contribution in [2.45, 2.75) is 65.8 Å². The lowest BCUT2D eigenvalue weighted by Gasteiger charge is -2.39. The molecule has 0 spiro atoms. The van der Waals surface area contributed by atoms with Crippen molar-refractivity contribution in [2.75, 3.05) is 6.54 Å². The second-order valence-corrected chi connectivity index (χ2v) is 6.99. The topological polar surface area (TPSA) is 20.3 Å². The molecule has 2 bridgehead atoms. The van der Waals surface area contributed by atoms with Crippen LogP contribution in [0.1, 0.15) is 59.8 Å². The molecule has 1 saturated heterocycles. The van der Waals surface area contributed by atoms with Gasteiger partial charge in [-0.2, -0.15) is 0 Å². The summed E-state index contributed by atoms with van der Waals surface area (Å²) in [6.45, 7) is 10.2. The molecule has 1 heterocycles. The van der Waals surface area contributed by atoms with E-state index in [0.717, 1.165) is 19.4 Å². The van der Waals surface area contributed by atoms with Gasteiger partial charge in [-0.05, 0) is 36.5 Å². The largest absolute Gasteiger partial charge is 0.339 e. The van der Waals surface area contributed by atoms with Gasteiger partial charge in [0, 0.05) is 19.0 Å². The molecule has 0 N–H and O–H groups in total. The quantitative estimate of drug-likeness (QED) is 0.704. The molecular formula is C14H25NO. The Morgan fingerprint density at radius 3 is 2.62 bits per heavy atom. The van der Waals surface area contributed by atoms with E-state index in [4.69, 9.17) is 0 Å². The van der Waals surface area contributed by atoms with Gasteiger partial charge in [-0.3, -0.25) is 4.79 Å². The van der Waals surface area contributed by atoms with E-state index < -0.39 is 0 Å². The molecule has 0 radical (unpaired) electrons. The van der Waals surface area contributed by atoms with E-state index in [1.54, 1.807) is 0 Å². The Labute approximate surface area is 99.4 Å². The Morgan fingerprint density at radius 2 is 2.00 bits per heavy atom. The van der Waals surface area contributed by atoms with Gasteiger partial charge >= 0.3 is 0 Å². The van der Waals surface area contributed by atoms with Crippen LogP contribution in [0.5, 0.6) is 0 Å². The smallest absolute Gasteiger partial charge is 0.222 e. The van der Waals surface area contributed by atoms with Gasteiger partial charge in [0.1, 0.15) is 0 Å². The van der Waals surface area contributed by atoms with Crippen molar-refractivity contribution in [3.8, 4) is 0 Å². The van der Waals surface area contributed by atoms with Crippen LogP contribution in [0.2, 0.25) is 0 Å². The van der Waals surface area contributed by atoms with Crippen molar-refractivity contribution < 1.29 is 4.79 Å². The van der Waals surface area contributed by atoms with E-state index >= 15 is 0 Å². The first-order valence-corrected chi connectivity index (χ1v) is 6.65. The molecule has 2 aliphatic rings. The fourth-order valence-corrected chi connectivity index (χ4v) is 4.11. The van der Waals surface area contributed by atoms with Crippen LogP contribution in [0, 0.1) is 10.8 Å². The zero-order valence-corrected chi connectivity index (χ0v) is 11.2. The highest BCUT2D eigenvalue weighted by Gasteiger charge is 2.50. The molecular weight excluding hydrogens is 198 g/mol. The van der Waals surface area contributed by atoms with Gasteiger partial charge in [0.05, 0.1) is 0 Å². The zero-order valence-electron chi connectivity index (χ0n) is 11.2. The third-order valence-electron chi connectivity index (χ3n) is 4.20. The maximum absolute atomic E-state index is 12.1. The summed E-state index contributed by atoms with van der Waals surface area (Å²) >= 11 is 0. The molecule has 2 heteroatoms. The van der Waals surface area contributed by atoms with Crippen LogP contribution in [0.4, 0.5) is 0 Å². The Balaban J connectivity index is 2.13. The number of hydrogen-bond acceptors (Lipinski definition) is 1. The number of hydrogen-bond donors (Lipinski definition) is 0. The van der Waals surface area contributed by atoms with E-state index in [2.05, 4.69) is 32.6 Å². The summed E-state index contributed by atoms with van der Waals surface area (Å²) < 4.78 is 0. The third-order valence-corrected chi connectivity index (χ3v) is 4.20. The minimum Gasteiger partial charge on any atom is -0.339 e. The van der Waals surface area contributed by atoms with Gasteiger partial charge in [0.15, 0.2) is 0 Å². The molecule has 1 aliphatic carbocycles. The molecule has 2 rings (SSSR count). The summed E-state index contributed by atoms with van der Waals surface area (Å²) in [7, 11) is 0. The summed E-state index contributed by atoms with van der Waals surface area (Å²) in [5.41, 5.74) is 0.800. The first kappa shape index (κ1) is 11.9. The average Bonchev–Trinajstić information content (AvgIpc) is 2.35. The van der Waals surface area contributed by atoms with Crippen LogP contribution in [0.25, 0.3) is 0 Å². The second kappa shape index (κ2) is 3.75. The van der Waals surface area contributed by atoms with E-state index in [9.17, 15) is 4.79 Å². The number of rotatable bonds is 2. The standard InChI is InChI=1S/C14H25NO/c1-5-6-12(16)15-10-14(4)8-11(15)7-13(2,3)9-14/h11H,5-10H2,1-4H3. The number of likely N-dealkylation sites (tertiary alicyclic amines) is 1. The number of amides is 1. The molecule has 1 saturated carbocycles. The number of carbonyl (C=O) groups is 1. The van der Waals surface area contributed by atoms with Crippen LogP contribution in [0.15, 0.2) is 0 Å². The second-order valence-electron chi connectivity index (χ2n) is 6.99. The highest BCUT2D eigenvalue weighted by Crippen LogP contribution is 2.52. The fourth-order valence-electron chi connectivity index (χ4n) is 4.11. The molecule has 16 heavy (non-hydrogen) atoms. The molecule has 1 aliphatic heterocycles. The van der Waals surface area contributed by atoms with E-state index in [-0.39, 0.29) is 0 Å². The van der Waals surface area contributed by atoms with E-state index in [0.29, 0.717) is 22.8 Å². The van der Waals surface area contributed by atoms with Gasteiger partial charge in [0.2, 0.25) is 5.91 Å². The van der Waals surface area contributed by atoms with Gasteiger partial charge in [-0.1, -0.05) is 27.7 Å². The van der Waals surface area contributed by atoms with Crippen molar-refractivity contribution in [2.24, 2.45) is 10.8 Å². The summed E-state index contributed by atoms with van der Waals surface area (Å²) in [6.07, 6.45) is 5.39. The minimum absolute atomic E-state index is 0.383. The fraction of sp³-hybridized carbons (Fsp3) is 0.929. The molecule has 2 nitrogen and oxygen atoms in total. The summed E-state index contributed by atoms with van der Waals surface area (Å²) in [4.78, 5) is 14.2. The number of nitrogens with zero attached hydrogens (tertiary/aromatic N) is 1. The first-order chi connectivity index (χ1) is 7.35.